The third-order valence-corrected chi connectivity index (χ3v) is 2.38. The molecule has 6 nitrogen and oxygen atoms in total. The highest BCUT2D eigenvalue weighted by molar-refractivity contribution is 7.51. The van der Waals surface area contributed by atoms with Gasteiger partial charge in [-0.3, -0.25) is 9.36 Å². The molecule has 94 valence electrons. The number of nitrogens with one attached hydrogen (secondary N) is 1. The SMILES string of the molecule is CP(=O)(O)ONC(=O)[C@@H](N)Cc1ccccc1. The van der Waals surface area contributed by atoms with Gasteiger partial charge in [-0.2, -0.15) is 4.62 Å². The lowest BCUT2D eigenvalue weighted by Gasteiger charge is -2.12. The topological polar surface area (TPSA) is 102 Å². The van der Waals surface area contributed by atoms with Crippen LogP contribution < -0.4 is 11.2 Å². The van der Waals surface area contributed by atoms with Gasteiger partial charge in [-0.05, 0) is 12.0 Å². The van der Waals surface area contributed by atoms with Crippen LogP contribution in [0.1, 0.15) is 5.56 Å². The average Bonchev–Trinajstić information content (AvgIpc) is 2.26. The molecular formula is C10H15N2O4P. The molecule has 0 heterocycles. The van der Waals surface area contributed by atoms with Gasteiger partial charge in [0.05, 0.1) is 6.04 Å². The van der Waals surface area contributed by atoms with Gasteiger partial charge in [0.2, 0.25) is 0 Å². The van der Waals surface area contributed by atoms with E-state index < -0.39 is 19.5 Å². The largest absolute Gasteiger partial charge is 0.346 e. The molecule has 0 saturated carbocycles. The van der Waals surface area contributed by atoms with E-state index in [-0.39, 0.29) is 0 Å². The van der Waals surface area contributed by atoms with Crippen molar-refractivity contribution in [3.8, 4) is 0 Å². The zero-order valence-corrected chi connectivity index (χ0v) is 10.3. The van der Waals surface area contributed by atoms with Crippen LogP contribution in [0.4, 0.5) is 0 Å². The minimum absolute atomic E-state index is 0.329. The lowest BCUT2D eigenvalue weighted by molar-refractivity contribution is -0.129. The molecule has 4 N–H and O–H groups in total. The first-order chi connectivity index (χ1) is 7.88. The van der Waals surface area contributed by atoms with Crippen LogP contribution in [0.5, 0.6) is 0 Å². The predicted octanol–water partition coefficient (Wildman–Crippen LogP) is 0.419. The van der Waals surface area contributed by atoms with Gasteiger partial charge >= 0.3 is 7.60 Å². The molecule has 0 aliphatic rings. The van der Waals surface area contributed by atoms with Gasteiger partial charge in [0.1, 0.15) is 0 Å². The van der Waals surface area contributed by atoms with Gasteiger partial charge in [0.25, 0.3) is 5.91 Å². The summed E-state index contributed by atoms with van der Waals surface area (Å²) in [4.78, 5) is 20.2. The summed E-state index contributed by atoms with van der Waals surface area (Å²) in [5, 5.41) is 0. The fourth-order valence-corrected chi connectivity index (χ4v) is 1.43. The molecule has 0 aliphatic carbocycles. The molecule has 1 aromatic carbocycles. The number of rotatable bonds is 5. The van der Waals surface area contributed by atoms with E-state index in [0.29, 0.717) is 6.42 Å². The molecule has 17 heavy (non-hydrogen) atoms. The molecule has 1 aromatic rings. The number of carbonyl (C=O) groups excluding carboxylic acids is 1. The molecule has 0 spiro atoms. The summed E-state index contributed by atoms with van der Waals surface area (Å²) in [5.74, 6) is -0.634. The molecular weight excluding hydrogens is 243 g/mol. The molecule has 7 heteroatoms. The van der Waals surface area contributed by atoms with Crippen LogP contribution in [0.3, 0.4) is 0 Å². The number of benzene rings is 1. The third kappa shape index (κ3) is 5.60. The molecule has 1 unspecified atom stereocenters. The van der Waals surface area contributed by atoms with E-state index >= 15 is 0 Å². The summed E-state index contributed by atoms with van der Waals surface area (Å²) in [6.45, 7) is 0.968. The highest BCUT2D eigenvalue weighted by atomic mass is 31.2. The van der Waals surface area contributed by atoms with Crippen molar-refractivity contribution in [1.29, 1.82) is 0 Å². The highest BCUT2D eigenvalue weighted by Gasteiger charge is 2.18. The molecule has 0 fully saturated rings. The maximum atomic E-state index is 11.4. The second-order valence-electron chi connectivity index (χ2n) is 3.66. The number of hydrogen-bond acceptors (Lipinski definition) is 4. The Balaban J connectivity index is 2.45. The summed E-state index contributed by atoms with van der Waals surface area (Å²) in [6.07, 6.45) is 0.329. The number of hydroxylamine groups is 1. The second kappa shape index (κ2) is 5.93. The van der Waals surface area contributed by atoms with E-state index in [1.165, 1.54) is 0 Å². The molecule has 1 rings (SSSR count). The van der Waals surface area contributed by atoms with Gasteiger partial charge in [0.15, 0.2) is 0 Å². The summed E-state index contributed by atoms with van der Waals surface area (Å²) >= 11 is 0. The maximum Gasteiger partial charge on any atom is 0.346 e. The van der Waals surface area contributed by atoms with Crippen LogP contribution in [0, 0.1) is 0 Å². The molecule has 0 aromatic heterocycles. The number of amides is 1. The Kier molecular flexibility index (Phi) is 4.84. The normalized spacial score (nSPS) is 15.9. The molecule has 0 radical (unpaired) electrons. The first kappa shape index (κ1) is 13.9. The molecule has 0 aliphatic heterocycles. The second-order valence-corrected chi connectivity index (χ2v) is 5.45. The molecule has 2 atom stereocenters. The summed E-state index contributed by atoms with van der Waals surface area (Å²) in [7, 11) is -3.73. The van der Waals surface area contributed by atoms with Crippen LogP contribution in [0.2, 0.25) is 0 Å². The summed E-state index contributed by atoms with van der Waals surface area (Å²) < 4.78 is 15.1. The third-order valence-electron chi connectivity index (χ3n) is 1.95. The zero-order valence-electron chi connectivity index (χ0n) is 9.37. The van der Waals surface area contributed by atoms with Crippen molar-refractivity contribution in [2.45, 2.75) is 12.5 Å². The fourth-order valence-electron chi connectivity index (χ4n) is 1.17. The zero-order chi connectivity index (χ0) is 12.9. The Bertz CT molecular complexity index is 418. The number of carbonyl (C=O) groups is 1. The van der Waals surface area contributed by atoms with E-state index in [1.807, 2.05) is 35.8 Å². The predicted molar refractivity (Wildman–Crippen MR) is 63.1 cm³/mol. The van der Waals surface area contributed by atoms with Crippen molar-refractivity contribution in [1.82, 2.24) is 5.48 Å². The number of hydrogen-bond donors (Lipinski definition) is 3. The average molecular weight is 258 g/mol. The quantitative estimate of drug-likeness (QED) is 0.524. The van der Waals surface area contributed by atoms with Crippen LogP contribution in [0.25, 0.3) is 0 Å². The van der Waals surface area contributed by atoms with Crippen molar-refractivity contribution in [3.63, 3.8) is 0 Å². The van der Waals surface area contributed by atoms with Crippen molar-refractivity contribution >= 4 is 13.5 Å². The van der Waals surface area contributed by atoms with Crippen LogP contribution in [-0.4, -0.2) is 23.5 Å². The number of nitrogens with two attached hydrogens (primary N) is 1. The standard InChI is InChI=1S/C10H15N2O4P/c1-17(14,15)16-12-10(13)9(11)7-8-5-3-2-4-6-8/h2-6,9H,7,11H2,1H3,(H,12,13)(H,14,15)/t9-/m0/s1. The molecule has 0 saturated heterocycles. The van der Waals surface area contributed by atoms with E-state index in [0.717, 1.165) is 12.2 Å². The van der Waals surface area contributed by atoms with Crippen LogP contribution >= 0.6 is 7.60 Å². The van der Waals surface area contributed by atoms with Crippen LogP contribution in [-0.2, 0) is 20.4 Å². The summed E-state index contributed by atoms with van der Waals surface area (Å²) in [5.41, 5.74) is 8.38. The van der Waals surface area contributed by atoms with Crippen molar-refractivity contribution in [3.05, 3.63) is 35.9 Å². The van der Waals surface area contributed by atoms with Gasteiger partial charge in [-0.1, -0.05) is 30.3 Å². The van der Waals surface area contributed by atoms with Gasteiger partial charge in [0, 0.05) is 6.66 Å². The van der Waals surface area contributed by atoms with Gasteiger partial charge in [-0.25, -0.2) is 5.48 Å². The Morgan fingerprint density at radius 1 is 1.53 bits per heavy atom. The highest BCUT2D eigenvalue weighted by Crippen LogP contribution is 2.34. The smallest absolute Gasteiger partial charge is 0.323 e. The molecule has 0 bridgehead atoms. The van der Waals surface area contributed by atoms with Crippen molar-refractivity contribution in [2.24, 2.45) is 5.73 Å². The van der Waals surface area contributed by atoms with E-state index in [4.69, 9.17) is 10.6 Å². The van der Waals surface area contributed by atoms with Crippen molar-refractivity contribution < 1.29 is 18.9 Å². The lowest BCUT2D eigenvalue weighted by Crippen LogP contribution is -2.41. The van der Waals surface area contributed by atoms with E-state index in [1.54, 1.807) is 0 Å². The van der Waals surface area contributed by atoms with Gasteiger partial charge in [-0.15, -0.1) is 0 Å². The Morgan fingerprint density at radius 3 is 2.65 bits per heavy atom. The first-order valence-electron chi connectivity index (χ1n) is 4.97. The van der Waals surface area contributed by atoms with E-state index in [9.17, 15) is 9.36 Å². The maximum absolute atomic E-state index is 11.4. The van der Waals surface area contributed by atoms with Gasteiger partial charge < -0.3 is 10.6 Å². The van der Waals surface area contributed by atoms with E-state index in [2.05, 4.69) is 4.62 Å². The first-order valence-corrected chi connectivity index (χ1v) is 6.99. The summed E-state index contributed by atoms with van der Waals surface area (Å²) in [6, 6.07) is 8.38. The monoisotopic (exact) mass is 258 g/mol. The Morgan fingerprint density at radius 2 is 2.12 bits per heavy atom. The fraction of sp³-hybridized carbons (Fsp3) is 0.300. The minimum atomic E-state index is -3.73. The molecule has 1 amide bonds. The minimum Gasteiger partial charge on any atom is -0.323 e. The lowest BCUT2D eigenvalue weighted by atomic mass is 10.1. The Hall–Kier alpha value is -1.20. The van der Waals surface area contributed by atoms with Crippen molar-refractivity contribution in [2.75, 3.05) is 6.66 Å². The van der Waals surface area contributed by atoms with Crippen LogP contribution in [0.15, 0.2) is 30.3 Å². The Labute approximate surface area is 99.3 Å².